The fraction of sp³-hybridized carbons (Fsp3) is 0.200. The van der Waals surface area contributed by atoms with Crippen molar-refractivity contribution in [2.75, 3.05) is 13.6 Å². The molecule has 0 aliphatic heterocycles. The molecule has 6 heteroatoms. The molecule has 0 atom stereocenters. The third-order valence-corrected chi connectivity index (χ3v) is 6.05. The van der Waals surface area contributed by atoms with Gasteiger partial charge in [-0.2, -0.15) is 0 Å². The molecule has 0 radical (unpaired) electrons. The highest BCUT2D eigenvalue weighted by molar-refractivity contribution is 7.89. The summed E-state index contributed by atoms with van der Waals surface area (Å²) in [6.07, 6.45) is 2.16. The molecule has 0 saturated carbocycles. The second-order valence-electron chi connectivity index (χ2n) is 4.59. The van der Waals surface area contributed by atoms with Crippen LogP contribution in [0.2, 0.25) is 0 Å². The monoisotopic (exact) mass is 325 g/mol. The van der Waals surface area contributed by atoms with Crippen LogP contribution in [0.4, 0.5) is 4.39 Å². The summed E-state index contributed by atoms with van der Waals surface area (Å²) in [7, 11) is -1.94. The molecular formula is C15H16FNO2S2. The Morgan fingerprint density at radius 3 is 2.57 bits per heavy atom. The Morgan fingerprint density at radius 1 is 1.33 bits per heavy atom. The zero-order valence-corrected chi connectivity index (χ0v) is 13.3. The minimum Gasteiger partial charge on any atom is -0.207 e. The molecule has 112 valence electrons. The van der Waals surface area contributed by atoms with Crippen LogP contribution < -0.4 is 0 Å². The van der Waals surface area contributed by atoms with Crippen LogP contribution in [0.25, 0.3) is 6.08 Å². The first-order chi connectivity index (χ1) is 9.93. The van der Waals surface area contributed by atoms with Crippen molar-refractivity contribution in [1.82, 2.24) is 4.31 Å². The Kier molecular flexibility index (Phi) is 4.92. The van der Waals surface area contributed by atoms with Gasteiger partial charge in [-0.05, 0) is 30.2 Å². The highest BCUT2D eigenvalue weighted by Crippen LogP contribution is 2.22. The summed E-state index contributed by atoms with van der Waals surface area (Å²) < 4.78 is 38.9. The van der Waals surface area contributed by atoms with Gasteiger partial charge in [0.25, 0.3) is 0 Å². The van der Waals surface area contributed by atoms with Crippen molar-refractivity contribution in [3.63, 3.8) is 0 Å². The maximum atomic E-state index is 12.8. The lowest BCUT2D eigenvalue weighted by molar-refractivity contribution is 0.472. The van der Waals surface area contributed by atoms with Gasteiger partial charge in [-0.15, -0.1) is 11.3 Å². The van der Waals surface area contributed by atoms with E-state index in [1.54, 1.807) is 36.7 Å². The molecule has 0 saturated heterocycles. The number of sulfonamides is 1. The average molecular weight is 325 g/mol. The molecule has 1 heterocycles. The minimum atomic E-state index is -3.48. The molecule has 1 aromatic carbocycles. The summed E-state index contributed by atoms with van der Waals surface area (Å²) in [6, 6.07) is 7.69. The summed E-state index contributed by atoms with van der Waals surface area (Å²) in [5.74, 6) is -0.296. The van der Waals surface area contributed by atoms with E-state index in [1.165, 1.54) is 27.8 Å². The Labute approximate surface area is 128 Å². The van der Waals surface area contributed by atoms with Crippen LogP contribution in [0.3, 0.4) is 0 Å². The Balaban J connectivity index is 2.06. The van der Waals surface area contributed by atoms with Crippen LogP contribution in [-0.2, 0) is 16.4 Å². The molecule has 0 unspecified atom stereocenters. The molecule has 0 spiro atoms. The smallest absolute Gasteiger partial charge is 0.207 e. The van der Waals surface area contributed by atoms with Crippen LogP contribution in [0.1, 0.15) is 10.4 Å². The largest absolute Gasteiger partial charge is 0.243 e. The van der Waals surface area contributed by atoms with Crippen molar-refractivity contribution in [2.24, 2.45) is 0 Å². The standard InChI is InChI=1S/C15H16FNO2S2/c1-3-14-10-15(11-20-14)21(18,19)17(2)9-8-12-4-6-13(16)7-5-12/h3-7,10-11H,1,8-9H2,2H3. The quantitative estimate of drug-likeness (QED) is 0.816. The molecule has 0 bridgehead atoms. The molecule has 2 rings (SSSR count). The molecule has 1 aromatic heterocycles. The lowest BCUT2D eigenvalue weighted by Gasteiger charge is -2.16. The van der Waals surface area contributed by atoms with Crippen LogP contribution in [0.5, 0.6) is 0 Å². The number of hydrogen-bond acceptors (Lipinski definition) is 3. The van der Waals surface area contributed by atoms with Crippen molar-refractivity contribution in [1.29, 1.82) is 0 Å². The summed E-state index contributed by atoms with van der Waals surface area (Å²) >= 11 is 1.34. The zero-order chi connectivity index (χ0) is 15.5. The summed E-state index contributed by atoms with van der Waals surface area (Å²) in [6.45, 7) is 3.97. The highest BCUT2D eigenvalue weighted by atomic mass is 32.2. The van der Waals surface area contributed by atoms with Gasteiger partial charge in [0.2, 0.25) is 10.0 Å². The first-order valence-electron chi connectivity index (χ1n) is 6.35. The van der Waals surface area contributed by atoms with Gasteiger partial charge in [-0.25, -0.2) is 17.1 Å². The van der Waals surface area contributed by atoms with Gasteiger partial charge in [0.1, 0.15) is 5.82 Å². The normalized spacial score (nSPS) is 11.8. The number of halogens is 1. The van der Waals surface area contributed by atoms with E-state index in [4.69, 9.17) is 0 Å². The van der Waals surface area contributed by atoms with E-state index >= 15 is 0 Å². The molecule has 3 nitrogen and oxygen atoms in total. The Bertz CT molecular complexity index is 720. The minimum absolute atomic E-state index is 0.281. The third kappa shape index (κ3) is 3.78. The maximum Gasteiger partial charge on any atom is 0.243 e. The topological polar surface area (TPSA) is 37.4 Å². The van der Waals surface area contributed by atoms with Crippen molar-refractivity contribution in [3.8, 4) is 0 Å². The molecule has 0 fully saturated rings. The van der Waals surface area contributed by atoms with Gasteiger partial charge in [-0.1, -0.05) is 24.8 Å². The fourth-order valence-electron chi connectivity index (χ4n) is 1.81. The molecular weight excluding hydrogens is 309 g/mol. The highest BCUT2D eigenvalue weighted by Gasteiger charge is 2.21. The van der Waals surface area contributed by atoms with E-state index in [1.807, 2.05) is 0 Å². The van der Waals surface area contributed by atoms with Gasteiger partial charge in [-0.3, -0.25) is 0 Å². The van der Waals surface area contributed by atoms with E-state index < -0.39 is 10.0 Å². The van der Waals surface area contributed by atoms with Crippen molar-refractivity contribution in [2.45, 2.75) is 11.3 Å². The van der Waals surface area contributed by atoms with Crippen molar-refractivity contribution < 1.29 is 12.8 Å². The number of likely N-dealkylation sites (N-methyl/N-ethyl adjacent to an activating group) is 1. The van der Waals surface area contributed by atoms with E-state index in [2.05, 4.69) is 6.58 Å². The Hall–Kier alpha value is -1.50. The molecule has 0 amide bonds. The van der Waals surface area contributed by atoms with Crippen LogP contribution >= 0.6 is 11.3 Å². The van der Waals surface area contributed by atoms with E-state index in [9.17, 15) is 12.8 Å². The predicted octanol–water partition coefficient (Wildman–Crippen LogP) is 3.39. The van der Waals surface area contributed by atoms with Crippen LogP contribution in [0.15, 0.2) is 47.2 Å². The Morgan fingerprint density at radius 2 is 2.00 bits per heavy atom. The second kappa shape index (κ2) is 6.51. The zero-order valence-electron chi connectivity index (χ0n) is 11.6. The fourth-order valence-corrected chi connectivity index (χ4v) is 4.10. The number of rotatable bonds is 6. The summed E-state index contributed by atoms with van der Waals surface area (Å²) in [5, 5.41) is 1.61. The lowest BCUT2D eigenvalue weighted by atomic mass is 10.1. The SMILES string of the molecule is C=Cc1cc(S(=O)(=O)N(C)CCc2ccc(F)cc2)cs1. The van der Waals surface area contributed by atoms with Crippen molar-refractivity contribution in [3.05, 3.63) is 58.5 Å². The van der Waals surface area contributed by atoms with Crippen molar-refractivity contribution >= 4 is 27.4 Å². The lowest BCUT2D eigenvalue weighted by Crippen LogP contribution is -2.28. The molecule has 0 aliphatic rings. The maximum absolute atomic E-state index is 12.8. The van der Waals surface area contributed by atoms with Gasteiger partial charge >= 0.3 is 0 Å². The van der Waals surface area contributed by atoms with Gasteiger partial charge in [0.05, 0.1) is 4.90 Å². The van der Waals surface area contributed by atoms with Gasteiger partial charge < -0.3 is 0 Å². The van der Waals surface area contributed by atoms with E-state index in [0.717, 1.165) is 10.4 Å². The molecule has 21 heavy (non-hydrogen) atoms. The number of hydrogen-bond donors (Lipinski definition) is 0. The molecule has 0 aliphatic carbocycles. The number of nitrogens with zero attached hydrogens (tertiary/aromatic N) is 1. The third-order valence-electron chi connectivity index (χ3n) is 3.13. The molecule has 0 N–H and O–H groups in total. The molecule has 2 aromatic rings. The number of benzene rings is 1. The number of thiophene rings is 1. The predicted molar refractivity (Wildman–Crippen MR) is 84.3 cm³/mol. The second-order valence-corrected chi connectivity index (χ2v) is 7.58. The van der Waals surface area contributed by atoms with Crippen LogP contribution in [0, 0.1) is 5.82 Å². The summed E-state index contributed by atoms with van der Waals surface area (Å²) in [5.41, 5.74) is 0.899. The van der Waals surface area contributed by atoms with Crippen LogP contribution in [-0.4, -0.2) is 26.3 Å². The van der Waals surface area contributed by atoms with Gasteiger partial charge in [0.15, 0.2) is 0 Å². The first-order valence-corrected chi connectivity index (χ1v) is 8.67. The van der Waals surface area contributed by atoms with E-state index in [0.29, 0.717) is 13.0 Å². The van der Waals surface area contributed by atoms with E-state index in [-0.39, 0.29) is 10.7 Å². The first kappa shape index (κ1) is 15.9. The summed E-state index contributed by atoms with van der Waals surface area (Å²) in [4.78, 5) is 1.10. The van der Waals surface area contributed by atoms with Gasteiger partial charge in [0, 0.05) is 23.8 Å². The average Bonchev–Trinajstić information content (AvgIpc) is 2.96.